The van der Waals surface area contributed by atoms with Crippen LogP contribution in [0.2, 0.25) is 0 Å². The van der Waals surface area contributed by atoms with Crippen LogP contribution in [-0.2, 0) is 0 Å². The van der Waals surface area contributed by atoms with Crippen LogP contribution in [0.1, 0.15) is 35.2 Å². The fourth-order valence-corrected chi connectivity index (χ4v) is 4.67. The molecule has 2 N–H and O–H groups in total. The van der Waals surface area contributed by atoms with Crippen molar-refractivity contribution in [2.45, 2.75) is 26.2 Å². The number of aromatic nitrogens is 1. The molecule has 9 nitrogen and oxygen atoms in total. The number of nitrogens with zero attached hydrogens (tertiary/aromatic N) is 3. The summed E-state index contributed by atoms with van der Waals surface area (Å²) in [5, 5.41) is 17.3. The zero-order valence-electron chi connectivity index (χ0n) is 20.2. The molecule has 0 bridgehead atoms. The van der Waals surface area contributed by atoms with Crippen LogP contribution in [0.5, 0.6) is 0 Å². The number of carbonyl (C=O) groups excluding carboxylic acids is 1. The number of thiocarbonyl (C=S) groups is 1. The van der Waals surface area contributed by atoms with Crippen LogP contribution in [0.3, 0.4) is 0 Å². The van der Waals surface area contributed by atoms with E-state index in [0.717, 1.165) is 43.5 Å². The number of hydrogen-bond acceptors (Lipinski definition) is 7. The predicted octanol–water partition coefficient (Wildman–Crippen LogP) is 5.83. The van der Waals surface area contributed by atoms with Gasteiger partial charge in [-0.1, -0.05) is 17.7 Å². The van der Waals surface area contributed by atoms with Gasteiger partial charge in [0.1, 0.15) is 11.2 Å². The van der Waals surface area contributed by atoms with E-state index in [2.05, 4.69) is 15.6 Å². The van der Waals surface area contributed by atoms with Crippen molar-refractivity contribution in [1.82, 2.24) is 10.3 Å². The fraction of sp³-hybridized carbons (Fsp3) is 0.222. The Morgan fingerprint density at radius 2 is 1.89 bits per heavy atom. The van der Waals surface area contributed by atoms with E-state index in [9.17, 15) is 14.9 Å². The smallest absolute Gasteiger partial charge is 0.293 e. The number of carbonyl (C=O) groups is 1. The number of piperidine rings is 1. The monoisotopic (exact) mass is 515 g/mol. The number of nitrogens with one attached hydrogen (secondary N) is 2. The van der Waals surface area contributed by atoms with Gasteiger partial charge < -0.3 is 14.6 Å². The molecule has 0 saturated carbocycles. The Labute approximate surface area is 218 Å². The minimum absolute atomic E-state index is 0.0644. The highest BCUT2D eigenvalue weighted by Gasteiger charge is 2.23. The Hall–Kier alpha value is -4.31. The minimum atomic E-state index is -0.532. The number of anilines is 2. The van der Waals surface area contributed by atoms with Crippen molar-refractivity contribution in [2.75, 3.05) is 23.3 Å². The molecule has 10 heteroatoms. The number of hydrogen-bond donors (Lipinski definition) is 2. The Kier molecular flexibility index (Phi) is 6.82. The molecule has 37 heavy (non-hydrogen) atoms. The maximum absolute atomic E-state index is 12.8. The van der Waals surface area contributed by atoms with E-state index in [-0.39, 0.29) is 16.4 Å². The first-order valence-corrected chi connectivity index (χ1v) is 12.4. The molecule has 188 valence electrons. The minimum Gasteiger partial charge on any atom is -0.436 e. The van der Waals surface area contributed by atoms with Gasteiger partial charge in [0, 0.05) is 36.0 Å². The summed E-state index contributed by atoms with van der Waals surface area (Å²) in [5.41, 5.74) is 4.48. The van der Waals surface area contributed by atoms with Gasteiger partial charge >= 0.3 is 0 Å². The molecule has 1 aliphatic rings. The largest absolute Gasteiger partial charge is 0.436 e. The van der Waals surface area contributed by atoms with Crippen molar-refractivity contribution in [3.63, 3.8) is 0 Å². The molecule has 1 amide bonds. The van der Waals surface area contributed by atoms with E-state index < -0.39 is 10.8 Å². The molecule has 4 aromatic rings. The number of amides is 1. The molecule has 0 atom stereocenters. The lowest BCUT2D eigenvalue weighted by molar-refractivity contribution is -0.384. The molecule has 1 fully saturated rings. The standard InChI is InChI=1S/C27H25N5O4S/c1-17-6-5-7-19(14-17)26-29-21-16-20(9-11-24(21)36-26)28-27(37)30-25(33)18-8-10-22(23(15-18)32(34)35)31-12-3-2-4-13-31/h5-11,14-16H,2-4,12-13H2,1H3,(H2,28,30,33,37). The number of benzene rings is 3. The Morgan fingerprint density at radius 1 is 1.08 bits per heavy atom. The number of nitro groups is 1. The molecule has 0 unspecified atom stereocenters. The highest BCUT2D eigenvalue weighted by Crippen LogP contribution is 2.31. The fourth-order valence-electron chi connectivity index (χ4n) is 4.46. The molecule has 0 radical (unpaired) electrons. The van der Waals surface area contributed by atoms with E-state index in [4.69, 9.17) is 16.6 Å². The lowest BCUT2D eigenvalue weighted by Gasteiger charge is -2.28. The number of rotatable bonds is 5. The van der Waals surface area contributed by atoms with Gasteiger partial charge in [-0.05, 0) is 80.9 Å². The van der Waals surface area contributed by atoms with E-state index in [1.54, 1.807) is 30.3 Å². The molecular weight excluding hydrogens is 490 g/mol. The molecule has 0 aliphatic carbocycles. The Balaban J connectivity index is 1.28. The highest BCUT2D eigenvalue weighted by molar-refractivity contribution is 7.80. The van der Waals surface area contributed by atoms with Crippen molar-refractivity contribution >= 4 is 51.4 Å². The first-order chi connectivity index (χ1) is 17.9. The molecule has 5 rings (SSSR count). The number of oxazole rings is 1. The van der Waals surface area contributed by atoms with E-state index in [0.29, 0.717) is 28.4 Å². The summed E-state index contributed by atoms with van der Waals surface area (Å²) >= 11 is 5.31. The summed E-state index contributed by atoms with van der Waals surface area (Å²) in [6.45, 7) is 3.54. The summed E-state index contributed by atoms with van der Waals surface area (Å²) in [6, 6.07) is 17.7. The van der Waals surface area contributed by atoms with Crippen LogP contribution in [-0.4, -0.2) is 34.0 Å². The van der Waals surface area contributed by atoms with Crippen molar-refractivity contribution < 1.29 is 14.1 Å². The zero-order chi connectivity index (χ0) is 25.9. The Bertz CT molecular complexity index is 1510. The van der Waals surface area contributed by atoms with Crippen LogP contribution in [0.25, 0.3) is 22.6 Å². The normalized spacial score (nSPS) is 13.4. The Morgan fingerprint density at radius 3 is 2.65 bits per heavy atom. The third-order valence-electron chi connectivity index (χ3n) is 6.27. The van der Waals surface area contributed by atoms with Crippen molar-refractivity contribution in [3.8, 4) is 11.5 Å². The van der Waals surface area contributed by atoms with E-state index in [1.807, 2.05) is 36.1 Å². The van der Waals surface area contributed by atoms with Gasteiger partial charge in [0.15, 0.2) is 10.7 Å². The molecule has 2 heterocycles. The second-order valence-electron chi connectivity index (χ2n) is 8.99. The molecule has 1 saturated heterocycles. The maximum atomic E-state index is 12.8. The second kappa shape index (κ2) is 10.4. The van der Waals surface area contributed by atoms with Crippen LogP contribution in [0.4, 0.5) is 17.1 Å². The number of fused-ring (bicyclic) bond motifs is 1. The SMILES string of the molecule is Cc1cccc(-c2nc3cc(NC(=S)NC(=O)c4ccc(N5CCCCC5)c([N+](=O)[O-])c4)ccc3o2)c1. The quantitative estimate of drug-likeness (QED) is 0.194. The highest BCUT2D eigenvalue weighted by atomic mass is 32.1. The van der Waals surface area contributed by atoms with Gasteiger partial charge in [-0.15, -0.1) is 0 Å². The third kappa shape index (κ3) is 5.44. The average molecular weight is 516 g/mol. The maximum Gasteiger partial charge on any atom is 0.293 e. The lowest BCUT2D eigenvalue weighted by atomic mass is 10.1. The van der Waals surface area contributed by atoms with Crippen LogP contribution >= 0.6 is 12.2 Å². The molecule has 1 aliphatic heterocycles. The number of nitro benzene ring substituents is 1. The van der Waals surface area contributed by atoms with Gasteiger partial charge in [-0.2, -0.15) is 0 Å². The molecule has 1 aromatic heterocycles. The van der Waals surface area contributed by atoms with Gasteiger partial charge in [-0.25, -0.2) is 4.98 Å². The summed E-state index contributed by atoms with van der Waals surface area (Å²) in [6.07, 6.45) is 3.10. The van der Waals surface area contributed by atoms with Gasteiger partial charge in [0.05, 0.1) is 4.92 Å². The van der Waals surface area contributed by atoms with Gasteiger partial charge in [-0.3, -0.25) is 20.2 Å². The number of aryl methyl sites for hydroxylation is 1. The van der Waals surface area contributed by atoms with Gasteiger partial charge in [0.25, 0.3) is 11.6 Å². The van der Waals surface area contributed by atoms with Crippen LogP contribution in [0, 0.1) is 17.0 Å². The molecule has 3 aromatic carbocycles. The van der Waals surface area contributed by atoms with Crippen LogP contribution in [0.15, 0.2) is 65.1 Å². The molecule has 0 spiro atoms. The first-order valence-electron chi connectivity index (χ1n) is 12.0. The zero-order valence-corrected chi connectivity index (χ0v) is 21.0. The molecular formula is C27H25N5O4S. The topological polar surface area (TPSA) is 114 Å². The van der Waals surface area contributed by atoms with E-state index in [1.165, 1.54) is 6.07 Å². The second-order valence-corrected chi connectivity index (χ2v) is 9.40. The van der Waals surface area contributed by atoms with Crippen molar-refractivity contribution in [3.05, 3.63) is 81.9 Å². The summed E-state index contributed by atoms with van der Waals surface area (Å²) < 4.78 is 5.88. The summed E-state index contributed by atoms with van der Waals surface area (Å²) in [5.74, 6) is -0.0173. The third-order valence-corrected chi connectivity index (χ3v) is 6.47. The lowest BCUT2D eigenvalue weighted by Crippen LogP contribution is -2.34. The summed E-state index contributed by atoms with van der Waals surface area (Å²) in [4.78, 5) is 30.6. The summed E-state index contributed by atoms with van der Waals surface area (Å²) in [7, 11) is 0. The average Bonchev–Trinajstić information content (AvgIpc) is 3.32. The van der Waals surface area contributed by atoms with Crippen molar-refractivity contribution in [2.24, 2.45) is 0 Å². The van der Waals surface area contributed by atoms with Crippen molar-refractivity contribution in [1.29, 1.82) is 0 Å². The predicted molar refractivity (Wildman–Crippen MR) is 147 cm³/mol. The first kappa shape index (κ1) is 24.4. The van der Waals surface area contributed by atoms with Crippen LogP contribution < -0.4 is 15.5 Å². The van der Waals surface area contributed by atoms with E-state index >= 15 is 0 Å². The van der Waals surface area contributed by atoms with Gasteiger partial charge in [0.2, 0.25) is 5.89 Å².